The van der Waals surface area contributed by atoms with E-state index in [0.29, 0.717) is 12.5 Å². The average Bonchev–Trinajstić information content (AvgIpc) is 2.91. The molecule has 3 heteroatoms. The van der Waals surface area contributed by atoms with Crippen molar-refractivity contribution >= 4 is 5.65 Å². The summed E-state index contributed by atoms with van der Waals surface area (Å²) in [4.78, 5) is 4.88. The number of benzene rings is 1. The zero-order chi connectivity index (χ0) is 16.7. The van der Waals surface area contributed by atoms with Crippen LogP contribution in [0.5, 0.6) is 0 Å². The summed E-state index contributed by atoms with van der Waals surface area (Å²) < 4.78 is 7.73. The molecular formula is C21H24N2O. The monoisotopic (exact) mass is 320 g/mol. The number of hydrogen-bond acceptors (Lipinski definition) is 2. The molecule has 1 unspecified atom stereocenters. The summed E-state index contributed by atoms with van der Waals surface area (Å²) in [6.45, 7) is 4.92. The second-order valence-corrected chi connectivity index (χ2v) is 6.87. The molecule has 0 spiro atoms. The lowest BCUT2D eigenvalue weighted by Gasteiger charge is -2.27. The number of ether oxygens (including phenoxy) is 1. The summed E-state index contributed by atoms with van der Waals surface area (Å²) >= 11 is 0. The van der Waals surface area contributed by atoms with Gasteiger partial charge in [0.1, 0.15) is 5.65 Å². The van der Waals surface area contributed by atoms with Gasteiger partial charge in [0.15, 0.2) is 0 Å². The van der Waals surface area contributed by atoms with E-state index >= 15 is 0 Å². The second-order valence-electron chi connectivity index (χ2n) is 6.87. The lowest BCUT2D eigenvalue weighted by Crippen LogP contribution is -2.17. The lowest BCUT2D eigenvalue weighted by atomic mass is 9.79. The van der Waals surface area contributed by atoms with Gasteiger partial charge in [0.25, 0.3) is 0 Å². The molecule has 4 rings (SSSR count). The van der Waals surface area contributed by atoms with Gasteiger partial charge in [0.05, 0.1) is 12.3 Å². The highest BCUT2D eigenvalue weighted by Gasteiger charge is 2.26. The predicted octanol–water partition coefficient (Wildman–Crippen LogP) is 4.37. The molecular weight excluding hydrogens is 296 g/mol. The van der Waals surface area contributed by atoms with Crippen molar-refractivity contribution in [2.75, 3.05) is 7.11 Å². The van der Waals surface area contributed by atoms with Crippen molar-refractivity contribution in [3.63, 3.8) is 0 Å². The van der Waals surface area contributed by atoms with Crippen LogP contribution in [0.2, 0.25) is 0 Å². The first-order valence-corrected chi connectivity index (χ1v) is 8.71. The van der Waals surface area contributed by atoms with Crippen molar-refractivity contribution in [1.82, 2.24) is 9.38 Å². The van der Waals surface area contributed by atoms with Gasteiger partial charge in [0, 0.05) is 19.0 Å². The summed E-state index contributed by atoms with van der Waals surface area (Å²) in [5, 5.41) is 0. The Morgan fingerprint density at radius 1 is 1.17 bits per heavy atom. The first-order valence-electron chi connectivity index (χ1n) is 8.71. The summed E-state index contributed by atoms with van der Waals surface area (Å²) in [6.07, 6.45) is 5.60. The SMILES string of the molecule is COCc1cn2c(C)c(C)nc2c2c1CCC(c1ccccc1)C2. The van der Waals surface area contributed by atoms with Gasteiger partial charge in [-0.2, -0.15) is 0 Å². The van der Waals surface area contributed by atoms with Crippen LogP contribution in [0.15, 0.2) is 36.5 Å². The van der Waals surface area contributed by atoms with E-state index < -0.39 is 0 Å². The highest BCUT2D eigenvalue weighted by Crippen LogP contribution is 2.36. The van der Waals surface area contributed by atoms with E-state index in [9.17, 15) is 0 Å². The van der Waals surface area contributed by atoms with Crippen molar-refractivity contribution in [2.24, 2.45) is 0 Å². The minimum absolute atomic E-state index is 0.581. The molecule has 124 valence electrons. The Morgan fingerprint density at radius 3 is 2.71 bits per heavy atom. The van der Waals surface area contributed by atoms with Gasteiger partial charge in [-0.1, -0.05) is 30.3 Å². The van der Waals surface area contributed by atoms with Crippen molar-refractivity contribution in [3.05, 3.63) is 70.2 Å². The first kappa shape index (κ1) is 15.4. The van der Waals surface area contributed by atoms with E-state index in [0.717, 1.165) is 24.2 Å². The van der Waals surface area contributed by atoms with Crippen molar-refractivity contribution < 1.29 is 4.74 Å². The van der Waals surface area contributed by atoms with Crippen LogP contribution in [0.1, 0.15) is 46.0 Å². The fraction of sp³-hybridized carbons (Fsp3) is 0.381. The van der Waals surface area contributed by atoms with Gasteiger partial charge in [-0.15, -0.1) is 0 Å². The number of pyridine rings is 1. The third kappa shape index (κ3) is 2.44. The Morgan fingerprint density at radius 2 is 1.96 bits per heavy atom. The van der Waals surface area contributed by atoms with Gasteiger partial charge in [-0.25, -0.2) is 4.98 Å². The second kappa shape index (κ2) is 6.06. The minimum Gasteiger partial charge on any atom is -0.380 e. The standard InChI is InChI=1S/C21H24N2O/c1-14-15(2)23-12-18(13-24-3)19-10-9-17(11-20(19)21(23)22-14)16-7-5-4-6-8-16/h4-8,12,17H,9-11,13H2,1-3H3. The molecule has 0 N–H and O–H groups in total. The van der Waals surface area contributed by atoms with Crippen molar-refractivity contribution in [2.45, 2.75) is 45.6 Å². The molecule has 0 bridgehead atoms. The third-order valence-corrected chi connectivity index (χ3v) is 5.46. The smallest absolute Gasteiger partial charge is 0.140 e. The summed E-state index contributed by atoms with van der Waals surface area (Å²) in [5.41, 5.74) is 9.12. The first-order chi connectivity index (χ1) is 11.7. The van der Waals surface area contributed by atoms with E-state index in [1.54, 1.807) is 7.11 Å². The summed E-state index contributed by atoms with van der Waals surface area (Å²) in [6, 6.07) is 10.9. The molecule has 0 saturated carbocycles. The van der Waals surface area contributed by atoms with Crippen LogP contribution in [0.4, 0.5) is 0 Å². The Balaban J connectivity index is 1.86. The largest absolute Gasteiger partial charge is 0.380 e. The molecule has 0 radical (unpaired) electrons. The number of nitrogens with zero attached hydrogens (tertiary/aromatic N) is 2. The van der Waals surface area contributed by atoms with E-state index in [2.05, 4.69) is 54.8 Å². The maximum atomic E-state index is 5.47. The van der Waals surface area contributed by atoms with Gasteiger partial charge in [-0.3, -0.25) is 0 Å². The summed E-state index contributed by atoms with van der Waals surface area (Å²) in [5.74, 6) is 0.581. The van der Waals surface area contributed by atoms with Crippen LogP contribution in [0, 0.1) is 13.8 Å². The van der Waals surface area contributed by atoms with Crippen LogP contribution >= 0.6 is 0 Å². The maximum Gasteiger partial charge on any atom is 0.140 e. The van der Waals surface area contributed by atoms with Crippen molar-refractivity contribution in [3.8, 4) is 0 Å². The number of methoxy groups -OCH3 is 1. The molecule has 1 atom stereocenters. The minimum atomic E-state index is 0.581. The fourth-order valence-corrected chi connectivity index (χ4v) is 4.04. The van der Waals surface area contributed by atoms with Gasteiger partial charge in [0.2, 0.25) is 0 Å². The van der Waals surface area contributed by atoms with Gasteiger partial charge >= 0.3 is 0 Å². The number of aromatic nitrogens is 2. The zero-order valence-electron chi connectivity index (χ0n) is 14.7. The van der Waals surface area contributed by atoms with Crippen LogP contribution in [0.25, 0.3) is 5.65 Å². The van der Waals surface area contributed by atoms with E-state index in [4.69, 9.17) is 9.72 Å². The van der Waals surface area contributed by atoms with Crippen LogP contribution in [0.3, 0.4) is 0 Å². The molecule has 0 aliphatic heterocycles. The van der Waals surface area contributed by atoms with E-state index in [1.165, 1.54) is 34.4 Å². The summed E-state index contributed by atoms with van der Waals surface area (Å²) in [7, 11) is 1.78. The van der Waals surface area contributed by atoms with Crippen LogP contribution in [-0.2, 0) is 24.2 Å². The highest BCUT2D eigenvalue weighted by molar-refractivity contribution is 5.58. The quantitative estimate of drug-likeness (QED) is 0.716. The number of aryl methyl sites for hydroxylation is 2. The zero-order valence-corrected chi connectivity index (χ0v) is 14.7. The van der Waals surface area contributed by atoms with Crippen LogP contribution < -0.4 is 0 Å². The third-order valence-electron chi connectivity index (χ3n) is 5.46. The predicted molar refractivity (Wildman–Crippen MR) is 96.6 cm³/mol. The molecule has 3 nitrogen and oxygen atoms in total. The fourth-order valence-electron chi connectivity index (χ4n) is 4.04. The van der Waals surface area contributed by atoms with Crippen LogP contribution in [-0.4, -0.2) is 16.5 Å². The number of rotatable bonds is 3. The van der Waals surface area contributed by atoms with Gasteiger partial charge in [-0.05, 0) is 61.3 Å². The van der Waals surface area contributed by atoms with E-state index in [1.807, 2.05) is 0 Å². The Kier molecular flexibility index (Phi) is 3.89. The molecule has 1 aliphatic carbocycles. The molecule has 3 aromatic rings. The van der Waals surface area contributed by atoms with Gasteiger partial charge < -0.3 is 9.14 Å². The topological polar surface area (TPSA) is 26.5 Å². The average molecular weight is 320 g/mol. The molecule has 1 aromatic carbocycles. The molecule has 0 fully saturated rings. The number of hydrogen-bond donors (Lipinski definition) is 0. The maximum absolute atomic E-state index is 5.47. The van der Waals surface area contributed by atoms with Crippen molar-refractivity contribution in [1.29, 1.82) is 0 Å². The molecule has 0 saturated heterocycles. The number of fused-ring (bicyclic) bond motifs is 3. The normalized spacial score (nSPS) is 17.2. The molecule has 2 aromatic heterocycles. The molecule has 24 heavy (non-hydrogen) atoms. The Bertz CT molecular complexity index is 880. The number of imidazole rings is 1. The molecule has 1 aliphatic rings. The highest BCUT2D eigenvalue weighted by atomic mass is 16.5. The Labute approximate surface area is 143 Å². The molecule has 0 amide bonds. The molecule has 2 heterocycles. The Hall–Kier alpha value is -2.13. The van der Waals surface area contributed by atoms with E-state index in [-0.39, 0.29) is 0 Å². The lowest BCUT2D eigenvalue weighted by molar-refractivity contribution is 0.183.